The summed E-state index contributed by atoms with van der Waals surface area (Å²) in [6.07, 6.45) is 4.96. The molecule has 334 valence electrons. The van der Waals surface area contributed by atoms with Gasteiger partial charge >= 0.3 is 5.97 Å². The lowest BCUT2D eigenvalue weighted by molar-refractivity contribution is -0.156. The largest absolute Gasteiger partial charge is 0.508 e. The molecule has 0 radical (unpaired) electrons. The van der Waals surface area contributed by atoms with Gasteiger partial charge in [-0.1, -0.05) is 39.8 Å². The summed E-state index contributed by atoms with van der Waals surface area (Å²) in [6.45, 7) is 12.0. The van der Waals surface area contributed by atoms with Crippen molar-refractivity contribution in [1.29, 1.82) is 0 Å². The number of esters is 1. The Hall–Kier alpha value is -5.31. The Labute approximate surface area is 369 Å². The lowest BCUT2D eigenvalue weighted by atomic mass is 9.67. The van der Waals surface area contributed by atoms with E-state index in [1.54, 1.807) is 37.4 Å². The third-order valence-corrected chi connectivity index (χ3v) is 14.5. The molecule has 9 rings (SSSR count). The molecule has 4 aromatic rings. The number of aromatic hydroxyl groups is 1. The van der Waals surface area contributed by atoms with E-state index in [0.29, 0.717) is 31.5 Å². The molecule has 3 fully saturated rings. The number of hydrogen-bond donors (Lipinski definition) is 4. The van der Waals surface area contributed by atoms with E-state index in [4.69, 9.17) is 14.5 Å². The summed E-state index contributed by atoms with van der Waals surface area (Å²) in [5.41, 5.74) is 9.53. The predicted molar refractivity (Wildman–Crippen MR) is 238 cm³/mol. The molecular formula is C49H61N7O7. The van der Waals surface area contributed by atoms with Crippen molar-refractivity contribution in [1.82, 2.24) is 35.5 Å². The number of nitrogens with zero attached hydrogens (tertiary/aromatic N) is 4. The smallest absolute Gasteiger partial charge is 0.324 e. The van der Waals surface area contributed by atoms with Crippen molar-refractivity contribution in [2.24, 2.45) is 17.3 Å². The number of cyclic esters (lactones) is 1. The molecule has 6 bridgehead atoms. The van der Waals surface area contributed by atoms with Crippen LogP contribution in [0.1, 0.15) is 95.6 Å². The predicted octanol–water partition coefficient (Wildman–Crippen LogP) is 5.61. The number of aryl methyl sites for hydroxylation is 1. The Balaban J connectivity index is 1.14. The van der Waals surface area contributed by atoms with E-state index in [1.165, 1.54) is 5.01 Å². The summed E-state index contributed by atoms with van der Waals surface area (Å²) in [6, 6.07) is 12.9. The monoisotopic (exact) mass is 859 g/mol. The van der Waals surface area contributed by atoms with Crippen molar-refractivity contribution >= 4 is 34.6 Å². The molecule has 3 aliphatic heterocycles. The lowest BCUT2D eigenvalue weighted by Crippen LogP contribution is -2.62. The van der Waals surface area contributed by atoms with E-state index in [9.17, 15) is 24.3 Å². The van der Waals surface area contributed by atoms with Gasteiger partial charge in [0.05, 0.1) is 23.9 Å². The highest BCUT2D eigenvalue weighted by Crippen LogP contribution is 2.57. The lowest BCUT2D eigenvalue weighted by Gasteiger charge is -2.42. The molecule has 2 unspecified atom stereocenters. The van der Waals surface area contributed by atoms with Gasteiger partial charge in [0.1, 0.15) is 30.0 Å². The number of phenols is 1. The van der Waals surface area contributed by atoms with Crippen LogP contribution < -0.4 is 16.1 Å². The van der Waals surface area contributed by atoms with Crippen LogP contribution in [0.2, 0.25) is 0 Å². The van der Waals surface area contributed by atoms with E-state index in [1.807, 2.05) is 32.0 Å². The maximum Gasteiger partial charge on any atom is 0.324 e. The van der Waals surface area contributed by atoms with Gasteiger partial charge in [-0.2, -0.15) is 0 Å². The van der Waals surface area contributed by atoms with Gasteiger partial charge in [-0.25, -0.2) is 5.43 Å². The molecule has 1 spiro atoms. The van der Waals surface area contributed by atoms with Gasteiger partial charge in [0.2, 0.25) is 11.8 Å². The molecule has 2 aromatic heterocycles. The number of fused-ring (bicyclic) bond motifs is 8. The summed E-state index contributed by atoms with van der Waals surface area (Å²) in [5.74, 6) is -2.15. The van der Waals surface area contributed by atoms with Crippen LogP contribution in [-0.4, -0.2) is 106 Å². The second kappa shape index (κ2) is 16.4. The van der Waals surface area contributed by atoms with Gasteiger partial charge in [0, 0.05) is 73.2 Å². The zero-order chi connectivity index (χ0) is 44.5. The van der Waals surface area contributed by atoms with Gasteiger partial charge in [0.15, 0.2) is 0 Å². The summed E-state index contributed by atoms with van der Waals surface area (Å²) in [4.78, 5) is 63.8. The zero-order valence-corrected chi connectivity index (χ0v) is 37.5. The minimum Gasteiger partial charge on any atom is -0.508 e. The van der Waals surface area contributed by atoms with Crippen LogP contribution >= 0.6 is 0 Å². The maximum absolute atomic E-state index is 14.8. The third-order valence-electron chi connectivity index (χ3n) is 14.5. The molecule has 4 N–H and O–H groups in total. The van der Waals surface area contributed by atoms with Crippen molar-refractivity contribution in [3.63, 3.8) is 0 Å². The molecule has 3 amide bonds. The summed E-state index contributed by atoms with van der Waals surface area (Å²) in [5, 5.41) is 20.3. The SMILES string of the molecule is CCn1c2c3c4cc(ccc41)-c1cc(O)cc(c1)C[C@H](NC(=O)[C@H](C(C)C)N(C)C(=O)C1CCNC14CC4)C(=O)N1CCC[C@H](N1)C(=O)OCC(C)(C)C3[C@H](OC)c1ncccc1-2. The van der Waals surface area contributed by atoms with Crippen LogP contribution in [0.3, 0.4) is 0 Å². The molecule has 63 heavy (non-hydrogen) atoms. The standard InChI is InChI=1S/C49H61N7O7/c1-8-55-37-14-13-29-25-33(37)38-39(43(62-7)40-32(42(38)55)11-9-18-50-40)48(4,5)26-63-47(61)35-12-10-20-56(53-35)46(60)36(23-28-21-30(29)24-31(57)22-28)52-44(58)41(27(2)3)54(6)45(59)34-15-19-51-49(34)16-17-49/h9,11,13-14,18,21-22,24-25,27,34-36,39,41,43,51,53,57H,8,10,12,15-17,19-20,23,26H2,1-7H3,(H,52,58)/t34?,35-,36-,39?,41-,43-/m0/s1. The number of carbonyl (C=O) groups excluding carboxylic acids is 4. The third kappa shape index (κ3) is 7.47. The van der Waals surface area contributed by atoms with Crippen molar-refractivity contribution in [2.45, 2.75) is 115 Å². The number of amides is 3. The highest BCUT2D eigenvalue weighted by molar-refractivity contribution is 5.97. The average Bonchev–Trinajstić information content (AvgIpc) is 3.81. The first-order chi connectivity index (χ1) is 30.2. The van der Waals surface area contributed by atoms with E-state index in [-0.39, 0.29) is 48.0 Å². The van der Waals surface area contributed by atoms with E-state index < -0.39 is 47.4 Å². The van der Waals surface area contributed by atoms with Crippen LogP contribution in [-0.2, 0) is 41.6 Å². The normalized spacial score (nSPS) is 25.3. The Bertz CT molecular complexity index is 2470. The molecule has 5 heterocycles. The highest BCUT2D eigenvalue weighted by Gasteiger charge is 2.56. The molecule has 1 saturated carbocycles. The molecule has 2 aromatic carbocycles. The Morgan fingerprint density at radius 3 is 2.62 bits per heavy atom. The number of rotatable bonds is 7. The number of pyridine rings is 1. The number of hydrazine groups is 1. The second-order valence-corrected chi connectivity index (χ2v) is 19.4. The van der Waals surface area contributed by atoms with Crippen LogP contribution in [0.15, 0.2) is 54.7 Å². The average molecular weight is 860 g/mol. The van der Waals surface area contributed by atoms with Crippen LogP contribution in [0.4, 0.5) is 0 Å². The minimum atomic E-state index is -1.10. The molecular weight excluding hydrogens is 799 g/mol. The topological polar surface area (TPSA) is 167 Å². The first-order valence-corrected chi connectivity index (χ1v) is 22.7. The van der Waals surface area contributed by atoms with Gasteiger partial charge in [-0.3, -0.25) is 29.2 Å². The van der Waals surface area contributed by atoms with Crippen molar-refractivity contribution in [3.8, 4) is 28.1 Å². The summed E-state index contributed by atoms with van der Waals surface area (Å²) >= 11 is 0. The van der Waals surface area contributed by atoms with Crippen molar-refractivity contribution in [2.75, 3.05) is 33.9 Å². The van der Waals surface area contributed by atoms with E-state index in [2.05, 4.69) is 59.6 Å². The quantitative estimate of drug-likeness (QED) is 0.172. The number of likely N-dealkylation sites (N-methyl/N-ethyl adjacent to an activating group) is 1. The first kappa shape index (κ1) is 43.0. The molecule has 5 aliphatic rings. The second-order valence-electron chi connectivity index (χ2n) is 19.4. The van der Waals surface area contributed by atoms with Gasteiger partial charge in [-0.05, 0) is 110 Å². The van der Waals surface area contributed by atoms with Crippen molar-refractivity contribution in [3.05, 3.63) is 71.5 Å². The number of aromatic nitrogens is 2. The van der Waals surface area contributed by atoms with Crippen LogP contribution in [0.5, 0.6) is 5.75 Å². The zero-order valence-electron chi connectivity index (χ0n) is 37.5. The van der Waals surface area contributed by atoms with Crippen LogP contribution in [0.25, 0.3) is 33.3 Å². The number of phenolic OH excluding ortho intramolecular Hbond substituents is 1. The fourth-order valence-electron chi connectivity index (χ4n) is 11.3. The molecule has 2 aliphatic carbocycles. The number of hydrogen-bond acceptors (Lipinski definition) is 10. The van der Waals surface area contributed by atoms with Crippen LogP contribution in [0, 0.1) is 17.3 Å². The number of carbonyl (C=O) groups is 4. The number of methoxy groups -OCH3 is 1. The summed E-state index contributed by atoms with van der Waals surface area (Å²) in [7, 11) is 3.39. The number of ether oxygens (including phenoxy) is 2. The van der Waals surface area contributed by atoms with Gasteiger partial charge in [0.25, 0.3) is 5.91 Å². The van der Waals surface area contributed by atoms with Gasteiger partial charge < -0.3 is 34.7 Å². The molecule has 14 heteroatoms. The van der Waals surface area contributed by atoms with E-state index >= 15 is 0 Å². The fourth-order valence-corrected chi connectivity index (χ4v) is 11.3. The molecule has 2 saturated heterocycles. The molecule has 14 nitrogen and oxygen atoms in total. The highest BCUT2D eigenvalue weighted by atomic mass is 16.5. The summed E-state index contributed by atoms with van der Waals surface area (Å²) < 4.78 is 14.9. The number of nitrogens with one attached hydrogen (secondary N) is 3. The Morgan fingerprint density at radius 2 is 1.89 bits per heavy atom. The Morgan fingerprint density at radius 1 is 1.10 bits per heavy atom. The maximum atomic E-state index is 14.8. The minimum absolute atomic E-state index is 0.0182. The number of benzene rings is 2. The fraction of sp³-hybridized carbons (Fsp3) is 0.531. The van der Waals surface area contributed by atoms with Crippen molar-refractivity contribution < 1.29 is 33.8 Å². The first-order valence-electron chi connectivity index (χ1n) is 22.7. The molecule has 6 atom stereocenters. The Kier molecular flexibility index (Phi) is 11.2. The van der Waals surface area contributed by atoms with Gasteiger partial charge in [-0.15, -0.1) is 0 Å². The van der Waals surface area contributed by atoms with E-state index in [0.717, 1.165) is 70.4 Å².